The van der Waals surface area contributed by atoms with Crippen LogP contribution in [-0.2, 0) is 25.4 Å². The zero-order chi connectivity index (χ0) is 21.2. The molecule has 3 aromatic rings. The van der Waals surface area contributed by atoms with Gasteiger partial charge in [-0.05, 0) is 36.6 Å². The van der Waals surface area contributed by atoms with Gasteiger partial charge in [-0.25, -0.2) is 4.98 Å². The Morgan fingerprint density at radius 2 is 1.79 bits per heavy atom. The third-order valence-electron chi connectivity index (χ3n) is 4.80. The van der Waals surface area contributed by atoms with E-state index in [1.165, 1.54) is 22.4 Å². The number of thioether (sulfide) groups is 1. The Labute approximate surface area is 171 Å². The average Bonchev–Trinajstić information content (AvgIpc) is 2.68. The van der Waals surface area contributed by atoms with E-state index in [2.05, 4.69) is 4.98 Å². The number of hydrogen-bond donors (Lipinski definition) is 0. The molecular weight excluding hydrogens is 397 g/mol. The van der Waals surface area contributed by atoms with Crippen LogP contribution >= 0.6 is 11.8 Å². The highest BCUT2D eigenvalue weighted by molar-refractivity contribution is 7.98. The number of rotatable bonds is 5. The van der Waals surface area contributed by atoms with Gasteiger partial charge < -0.3 is 0 Å². The highest BCUT2D eigenvalue weighted by atomic mass is 32.2. The highest BCUT2D eigenvalue weighted by Gasteiger charge is 2.30. The molecule has 7 heteroatoms. The molecule has 0 amide bonds. The fourth-order valence-electron chi connectivity index (χ4n) is 3.05. The maximum Gasteiger partial charge on any atom is 0.416 e. The van der Waals surface area contributed by atoms with E-state index in [1.807, 2.05) is 31.2 Å². The van der Waals surface area contributed by atoms with Crippen molar-refractivity contribution in [2.45, 2.75) is 37.4 Å². The normalized spacial score (nSPS) is 11.7. The molecule has 3 rings (SSSR count). The van der Waals surface area contributed by atoms with E-state index in [1.54, 1.807) is 20.0 Å². The summed E-state index contributed by atoms with van der Waals surface area (Å²) in [5.74, 6) is 0.292. The average molecular weight is 418 g/mol. The molecule has 2 aromatic carbocycles. The van der Waals surface area contributed by atoms with Crippen molar-refractivity contribution in [3.05, 3.63) is 92.4 Å². The zero-order valence-electron chi connectivity index (χ0n) is 16.4. The third-order valence-corrected chi connectivity index (χ3v) is 5.90. The first-order valence-corrected chi connectivity index (χ1v) is 10.1. The Morgan fingerprint density at radius 3 is 2.48 bits per heavy atom. The van der Waals surface area contributed by atoms with Crippen molar-refractivity contribution in [3.63, 3.8) is 0 Å². The van der Waals surface area contributed by atoms with E-state index < -0.39 is 11.7 Å². The molecule has 1 aromatic heterocycles. The number of alkyl halides is 3. The lowest BCUT2D eigenvalue weighted by molar-refractivity contribution is -0.137. The summed E-state index contributed by atoms with van der Waals surface area (Å²) < 4.78 is 40.1. The van der Waals surface area contributed by atoms with Gasteiger partial charge in [-0.1, -0.05) is 54.2 Å². The molecule has 0 fully saturated rings. The van der Waals surface area contributed by atoms with Crippen molar-refractivity contribution in [2.75, 3.05) is 0 Å². The van der Waals surface area contributed by atoms with Gasteiger partial charge in [-0.2, -0.15) is 13.2 Å². The van der Waals surface area contributed by atoms with Crippen molar-refractivity contribution in [1.82, 2.24) is 9.55 Å². The molecule has 0 spiro atoms. The molecule has 0 aliphatic rings. The standard InChI is InChI=1S/C22H21F3N2OS/c1-14-7-4-5-9-17(14)12-19-15(2)26-21(27(3)20(19)28)29-13-16-8-6-10-18(11-16)22(23,24)25/h4-11H,12-13H2,1-3H3. The first kappa shape index (κ1) is 21.2. The number of halogens is 3. The van der Waals surface area contributed by atoms with Gasteiger partial charge in [0.25, 0.3) is 5.56 Å². The van der Waals surface area contributed by atoms with Gasteiger partial charge >= 0.3 is 6.18 Å². The second-order valence-electron chi connectivity index (χ2n) is 6.91. The summed E-state index contributed by atoms with van der Waals surface area (Å²) in [7, 11) is 1.64. The molecule has 0 bridgehead atoms. The fraction of sp³-hybridized carbons (Fsp3) is 0.273. The Balaban J connectivity index is 1.83. The van der Waals surface area contributed by atoms with E-state index in [9.17, 15) is 18.0 Å². The summed E-state index contributed by atoms with van der Waals surface area (Å²) in [5, 5.41) is 0.485. The summed E-state index contributed by atoms with van der Waals surface area (Å²) in [6.45, 7) is 3.80. The van der Waals surface area contributed by atoms with Crippen molar-refractivity contribution < 1.29 is 13.2 Å². The number of aryl methyl sites for hydroxylation is 2. The molecule has 29 heavy (non-hydrogen) atoms. The van der Waals surface area contributed by atoms with Crippen LogP contribution in [0.3, 0.4) is 0 Å². The predicted molar refractivity (Wildman–Crippen MR) is 109 cm³/mol. The van der Waals surface area contributed by atoms with Gasteiger partial charge in [-0.15, -0.1) is 0 Å². The maximum atomic E-state index is 12.9. The van der Waals surface area contributed by atoms with Crippen LogP contribution in [0.15, 0.2) is 58.5 Å². The summed E-state index contributed by atoms with van der Waals surface area (Å²) in [4.78, 5) is 17.4. The summed E-state index contributed by atoms with van der Waals surface area (Å²) in [6.07, 6.45) is -3.88. The van der Waals surface area contributed by atoms with Crippen LogP contribution < -0.4 is 5.56 Å². The lowest BCUT2D eigenvalue weighted by Gasteiger charge is -2.13. The van der Waals surface area contributed by atoms with E-state index in [4.69, 9.17) is 0 Å². The minimum absolute atomic E-state index is 0.132. The lowest BCUT2D eigenvalue weighted by atomic mass is 10.0. The minimum Gasteiger partial charge on any atom is -0.291 e. The van der Waals surface area contributed by atoms with E-state index in [0.29, 0.717) is 34.2 Å². The van der Waals surface area contributed by atoms with E-state index >= 15 is 0 Å². The molecule has 0 atom stereocenters. The van der Waals surface area contributed by atoms with Crippen LogP contribution in [-0.4, -0.2) is 9.55 Å². The first-order chi connectivity index (χ1) is 13.7. The lowest BCUT2D eigenvalue weighted by Crippen LogP contribution is -2.26. The Kier molecular flexibility index (Phi) is 6.17. The van der Waals surface area contributed by atoms with Crippen LogP contribution in [0.25, 0.3) is 0 Å². The fourth-order valence-corrected chi connectivity index (χ4v) is 4.00. The zero-order valence-corrected chi connectivity index (χ0v) is 17.2. The van der Waals surface area contributed by atoms with Gasteiger partial charge in [0.15, 0.2) is 5.16 Å². The molecule has 0 saturated carbocycles. The number of aromatic nitrogens is 2. The number of nitrogens with zero attached hydrogens (tertiary/aromatic N) is 2. The summed E-state index contributed by atoms with van der Waals surface area (Å²) in [6, 6.07) is 13.1. The molecule has 0 saturated heterocycles. The van der Waals surface area contributed by atoms with Crippen molar-refractivity contribution >= 4 is 11.8 Å². The van der Waals surface area contributed by atoms with Gasteiger partial charge in [0.05, 0.1) is 5.56 Å². The first-order valence-electron chi connectivity index (χ1n) is 9.06. The smallest absolute Gasteiger partial charge is 0.291 e. The molecule has 0 N–H and O–H groups in total. The van der Waals surface area contributed by atoms with Gasteiger partial charge in [0.1, 0.15) is 0 Å². The van der Waals surface area contributed by atoms with Crippen LogP contribution in [0.2, 0.25) is 0 Å². The minimum atomic E-state index is -4.38. The summed E-state index contributed by atoms with van der Waals surface area (Å²) in [5.41, 5.74) is 3.17. The topological polar surface area (TPSA) is 34.9 Å². The molecule has 0 radical (unpaired) electrons. The van der Waals surface area contributed by atoms with E-state index in [-0.39, 0.29) is 5.56 Å². The van der Waals surface area contributed by atoms with Crippen molar-refractivity contribution in [2.24, 2.45) is 7.05 Å². The number of benzene rings is 2. The highest BCUT2D eigenvalue weighted by Crippen LogP contribution is 2.31. The summed E-state index contributed by atoms with van der Waals surface area (Å²) >= 11 is 1.25. The van der Waals surface area contributed by atoms with Gasteiger partial charge in [-0.3, -0.25) is 9.36 Å². The largest absolute Gasteiger partial charge is 0.416 e. The SMILES string of the molecule is Cc1ccccc1Cc1c(C)nc(SCc2cccc(C(F)(F)F)c2)n(C)c1=O. The Bertz CT molecular complexity index is 1090. The van der Waals surface area contributed by atoms with Crippen LogP contribution in [0.1, 0.15) is 33.5 Å². The monoisotopic (exact) mass is 418 g/mol. The van der Waals surface area contributed by atoms with Crippen LogP contribution in [0.5, 0.6) is 0 Å². The number of hydrogen-bond acceptors (Lipinski definition) is 3. The van der Waals surface area contributed by atoms with Crippen LogP contribution in [0, 0.1) is 13.8 Å². The molecule has 0 unspecified atom stereocenters. The van der Waals surface area contributed by atoms with Gasteiger partial charge in [0, 0.05) is 30.5 Å². The molecule has 0 aliphatic carbocycles. The molecule has 152 valence electrons. The van der Waals surface area contributed by atoms with E-state index in [0.717, 1.165) is 23.3 Å². The molecular formula is C22H21F3N2OS. The second-order valence-corrected chi connectivity index (χ2v) is 7.86. The Morgan fingerprint density at radius 1 is 1.07 bits per heavy atom. The Hall–Kier alpha value is -2.54. The third kappa shape index (κ3) is 4.90. The molecule has 0 aliphatic heterocycles. The molecule has 1 heterocycles. The van der Waals surface area contributed by atoms with Crippen molar-refractivity contribution in [3.8, 4) is 0 Å². The van der Waals surface area contributed by atoms with Gasteiger partial charge in [0.2, 0.25) is 0 Å². The quantitative estimate of drug-likeness (QED) is 0.417. The maximum absolute atomic E-state index is 12.9. The van der Waals surface area contributed by atoms with Crippen molar-refractivity contribution in [1.29, 1.82) is 0 Å². The molecule has 3 nitrogen and oxygen atoms in total. The predicted octanol–water partition coefficient (Wildman–Crippen LogP) is 5.30. The second kappa shape index (κ2) is 8.45. The van der Waals surface area contributed by atoms with Crippen LogP contribution in [0.4, 0.5) is 13.2 Å².